The fraction of sp³-hybridized carbons (Fsp3) is 0.241. The molecule has 0 spiro atoms. The first-order valence-corrected chi connectivity index (χ1v) is 11.8. The van der Waals surface area contributed by atoms with Crippen molar-refractivity contribution in [1.82, 2.24) is 4.90 Å². The van der Waals surface area contributed by atoms with Gasteiger partial charge in [-0.25, -0.2) is 4.90 Å². The van der Waals surface area contributed by atoms with Crippen LogP contribution in [0.5, 0.6) is 11.5 Å². The number of ether oxygens (including phenoxy) is 2. The second-order valence-corrected chi connectivity index (χ2v) is 8.70. The maximum Gasteiger partial charge on any atom is 0.257 e. The third-order valence-corrected chi connectivity index (χ3v) is 6.48. The molecule has 1 atom stereocenters. The van der Waals surface area contributed by atoms with Gasteiger partial charge in [0.2, 0.25) is 5.91 Å². The standard InChI is InChI=1S/C29H27N3O5/c1-19-6-4-5-7-23(19)28(34)31(15-14-20-10-13-25(36-2)26(16-20)37-3)24-17-27(33)32(29(24)35)22-11-8-21(18-30)9-12-22/h4-13,16,24H,14-15,17H2,1-3H3. The highest BCUT2D eigenvalue weighted by Gasteiger charge is 2.44. The van der Waals surface area contributed by atoms with Crippen LogP contribution in [0.2, 0.25) is 0 Å². The Balaban J connectivity index is 1.65. The van der Waals surface area contributed by atoms with Crippen molar-refractivity contribution in [2.45, 2.75) is 25.8 Å². The summed E-state index contributed by atoms with van der Waals surface area (Å²) in [6.07, 6.45) is 0.315. The molecule has 0 saturated carbocycles. The molecule has 0 aromatic heterocycles. The molecule has 1 fully saturated rings. The highest BCUT2D eigenvalue weighted by molar-refractivity contribution is 6.23. The Morgan fingerprint density at radius 1 is 1.03 bits per heavy atom. The van der Waals surface area contributed by atoms with Crippen molar-refractivity contribution in [1.29, 1.82) is 5.26 Å². The zero-order chi connectivity index (χ0) is 26.5. The fourth-order valence-electron chi connectivity index (χ4n) is 4.47. The molecule has 3 aromatic rings. The van der Waals surface area contributed by atoms with Crippen LogP contribution in [0.15, 0.2) is 66.7 Å². The first-order chi connectivity index (χ1) is 17.9. The Bertz CT molecular complexity index is 1380. The summed E-state index contributed by atoms with van der Waals surface area (Å²) in [5.74, 6) is -0.0200. The van der Waals surface area contributed by atoms with E-state index in [0.29, 0.717) is 34.7 Å². The van der Waals surface area contributed by atoms with Gasteiger partial charge in [-0.3, -0.25) is 14.4 Å². The summed E-state index contributed by atoms with van der Waals surface area (Å²) in [5.41, 5.74) is 2.95. The number of anilines is 1. The van der Waals surface area contributed by atoms with Crippen LogP contribution in [-0.2, 0) is 16.0 Å². The highest BCUT2D eigenvalue weighted by atomic mass is 16.5. The van der Waals surface area contributed by atoms with Gasteiger partial charge in [-0.05, 0) is 66.9 Å². The topological polar surface area (TPSA) is 99.9 Å². The molecule has 1 saturated heterocycles. The summed E-state index contributed by atoms with van der Waals surface area (Å²) < 4.78 is 10.7. The quantitative estimate of drug-likeness (QED) is 0.438. The summed E-state index contributed by atoms with van der Waals surface area (Å²) in [6, 6.07) is 20.0. The molecule has 0 N–H and O–H groups in total. The molecule has 3 aromatic carbocycles. The van der Waals surface area contributed by atoms with Gasteiger partial charge in [-0.15, -0.1) is 0 Å². The minimum Gasteiger partial charge on any atom is -0.493 e. The summed E-state index contributed by atoms with van der Waals surface area (Å²) in [7, 11) is 3.11. The van der Waals surface area contributed by atoms with E-state index in [0.717, 1.165) is 16.0 Å². The summed E-state index contributed by atoms with van der Waals surface area (Å²) in [5, 5.41) is 9.06. The van der Waals surface area contributed by atoms with Crippen LogP contribution in [-0.4, -0.2) is 49.4 Å². The smallest absolute Gasteiger partial charge is 0.257 e. The van der Waals surface area contributed by atoms with Crippen LogP contribution in [0.1, 0.15) is 33.5 Å². The monoisotopic (exact) mass is 497 g/mol. The van der Waals surface area contributed by atoms with Gasteiger partial charge in [0, 0.05) is 12.1 Å². The van der Waals surface area contributed by atoms with Gasteiger partial charge >= 0.3 is 0 Å². The van der Waals surface area contributed by atoms with E-state index in [-0.39, 0.29) is 18.9 Å². The number of aryl methyl sites for hydroxylation is 1. The van der Waals surface area contributed by atoms with E-state index in [4.69, 9.17) is 14.7 Å². The summed E-state index contributed by atoms with van der Waals surface area (Å²) >= 11 is 0. The van der Waals surface area contributed by atoms with Crippen LogP contribution < -0.4 is 14.4 Å². The molecule has 0 radical (unpaired) electrons. The number of methoxy groups -OCH3 is 2. The van der Waals surface area contributed by atoms with Gasteiger partial charge < -0.3 is 14.4 Å². The number of amides is 3. The second-order valence-electron chi connectivity index (χ2n) is 8.70. The van der Waals surface area contributed by atoms with E-state index in [1.165, 1.54) is 4.90 Å². The molecular weight excluding hydrogens is 470 g/mol. The third kappa shape index (κ3) is 5.16. The van der Waals surface area contributed by atoms with Crippen molar-refractivity contribution in [3.05, 3.63) is 89.0 Å². The average Bonchev–Trinajstić information content (AvgIpc) is 3.21. The molecule has 8 nitrogen and oxygen atoms in total. The number of carbonyl (C=O) groups excluding carboxylic acids is 3. The van der Waals surface area contributed by atoms with E-state index >= 15 is 0 Å². The molecule has 3 amide bonds. The number of hydrogen-bond donors (Lipinski definition) is 0. The minimum atomic E-state index is -0.949. The molecule has 1 aliphatic heterocycles. The third-order valence-electron chi connectivity index (χ3n) is 6.48. The lowest BCUT2D eigenvalue weighted by molar-refractivity contribution is -0.122. The Morgan fingerprint density at radius 3 is 2.38 bits per heavy atom. The van der Waals surface area contributed by atoms with Gasteiger partial charge in [-0.2, -0.15) is 5.26 Å². The highest BCUT2D eigenvalue weighted by Crippen LogP contribution is 2.30. The zero-order valence-electron chi connectivity index (χ0n) is 20.9. The lowest BCUT2D eigenvalue weighted by atomic mass is 10.0. The van der Waals surface area contributed by atoms with E-state index < -0.39 is 17.9 Å². The number of benzene rings is 3. The van der Waals surface area contributed by atoms with Gasteiger partial charge in [0.15, 0.2) is 11.5 Å². The maximum atomic E-state index is 13.7. The lowest BCUT2D eigenvalue weighted by Crippen LogP contribution is -2.46. The van der Waals surface area contributed by atoms with E-state index in [9.17, 15) is 14.4 Å². The Labute approximate surface area is 215 Å². The van der Waals surface area contributed by atoms with Crippen molar-refractivity contribution in [3.8, 4) is 17.6 Å². The van der Waals surface area contributed by atoms with Crippen LogP contribution in [0.3, 0.4) is 0 Å². The SMILES string of the molecule is COc1ccc(CCN(C(=O)c2ccccc2C)C2CC(=O)N(c3ccc(C#N)cc3)C2=O)cc1OC. The molecule has 1 unspecified atom stereocenters. The molecule has 8 heteroatoms. The summed E-state index contributed by atoms with van der Waals surface area (Å²) in [6.45, 7) is 2.05. The largest absolute Gasteiger partial charge is 0.493 e. The first kappa shape index (κ1) is 25.5. The number of imide groups is 1. The maximum absolute atomic E-state index is 13.7. The molecule has 1 heterocycles. The number of nitriles is 1. The van der Waals surface area contributed by atoms with E-state index in [1.54, 1.807) is 56.7 Å². The first-order valence-electron chi connectivity index (χ1n) is 11.8. The second kappa shape index (κ2) is 11.0. The number of hydrogen-bond acceptors (Lipinski definition) is 6. The van der Waals surface area contributed by atoms with Gasteiger partial charge in [0.25, 0.3) is 11.8 Å². The van der Waals surface area contributed by atoms with Crippen molar-refractivity contribution in [2.75, 3.05) is 25.7 Å². The predicted octanol–water partition coefficient (Wildman–Crippen LogP) is 3.90. The van der Waals surface area contributed by atoms with Gasteiger partial charge in [-0.1, -0.05) is 24.3 Å². The van der Waals surface area contributed by atoms with Crippen molar-refractivity contribution >= 4 is 23.4 Å². The van der Waals surface area contributed by atoms with Crippen molar-refractivity contribution < 1.29 is 23.9 Å². The zero-order valence-corrected chi connectivity index (χ0v) is 20.9. The molecule has 188 valence electrons. The van der Waals surface area contributed by atoms with E-state index in [2.05, 4.69) is 0 Å². The number of rotatable bonds is 8. The summed E-state index contributed by atoms with van der Waals surface area (Å²) in [4.78, 5) is 42.8. The Kier molecular flexibility index (Phi) is 7.54. The van der Waals surface area contributed by atoms with Gasteiger partial charge in [0.05, 0.1) is 38.0 Å². The van der Waals surface area contributed by atoms with Crippen molar-refractivity contribution in [3.63, 3.8) is 0 Å². The molecule has 0 aliphatic carbocycles. The Hall–Kier alpha value is -4.64. The van der Waals surface area contributed by atoms with Crippen LogP contribution >= 0.6 is 0 Å². The number of nitrogens with zero attached hydrogens (tertiary/aromatic N) is 3. The lowest BCUT2D eigenvalue weighted by Gasteiger charge is -2.28. The average molecular weight is 498 g/mol. The van der Waals surface area contributed by atoms with Gasteiger partial charge in [0.1, 0.15) is 6.04 Å². The van der Waals surface area contributed by atoms with Crippen LogP contribution in [0, 0.1) is 18.3 Å². The fourth-order valence-corrected chi connectivity index (χ4v) is 4.47. The molecule has 37 heavy (non-hydrogen) atoms. The molecule has 0 bridgehead atoms. The molecular formula is C29H27N3O5. The number of carbonyl (C=O) groups is 3. The van der Waals surface area contributed by atoms with Crippen LogP contribution in [0.25, 0.3) is 0 Å². The minimum absolute atomic E-state index is 0.123. The van der Waals surface area contributed by atoms with Crippen LogP contribution in [0.4, 0.5) is 5.69 Å². The molecule has 4 rings (SSSR count). The normalized spacial score (nSPS) is 14.9. The van der Waals surface area contributed by atoms with Crippen molar-refractivity contribution in [2.24, 2.45) is 0 Å². The molecule has 1 aliphatic rings. The predicted molar refractivity (Wildman–Crippen MR) is 138 cm³/mol. The Morgan fingerprint density at radius 2 is 1.73 bits per heavy atom. The van der Waals surface area contributed by atoms with E-state index in [1.807, 2.05) is 37.3 Å².